The van der Waals surface area contributed by atoms with Gasteiger partial charge in [0.1, 0.15) is 5.75 Å². The second-order valence-electron chi connectivity index (χ2n) is 6.13. The Morgan fingerprint density at radius 2 is 1.90 bits per heavy atom. The predicted molar refractivity (Wildman–Crippen MR) is 103 cm³/mol. The summed E-state index contributed by atoms with van der Waals surface area (Å²) in [4.78, 5) is 14.7. The molecule has 0 aliphatic carbocycles. The number of aryl methyl sites for hydroxylation is 1. The first-order valence-electron chi connectivity index (χ1n) is 8.53. The molecule has 9 nitrogen and oxygen atoms in total. The van der Waals surface area contributed by atoms with Crippen molar-refractivity contribution in [3.05, 3.63) is 87.7 Å². The van der Waals surface area contributed by atoms with Gasteiger partial charge in [0.2, 0.25) is 11.7 Å². The second kappa shape index (κ2) is 7.39. The molecule has 4 rings (SSSR count). The highest BCUT2D eigenvalue weighted by Gasteiger charge is 2.18. The van der Waals surface area contributed by atoms with E-state index in [1.165, 1.54) is 18.3 Å². The van der Waals surface area contributed by atoms with Gasteiger partial charge in [-0.3, -0.25) is 10.1 Å². The molecule has 0 atom stereocenters. The molecule has 0 unspecified atom stereocenters. The number of rotatable bonds is 5. The molecule has 2 heterocycles. The quantitative estimate of drug-likeness (QED) is 0.396. The normalized spacial score (nSPS) is 11.6. The zero-order valence-electron chi connectivity index (χ0n) is 15.1. The number of hydrogen-bond donors (Lipinski definition) is 1. The number of phenols is 1. The summed E-state index contributed by atoms with van der Waals surface area (Å²) < 4.78 is 10.4. The third-order valence-corrected chi connectivity index (χ3v) is 4.20. The van der Waals surface area contributed by atoms with E-state index in [4.69, 9.17) is 9.05 Å². The SMILES string of the molecule is Cc1nc(/C(=C/c2cnoc2-c2ccccc2O)c2ccc([N+](=O)[O-])cc2)no1. The number of non-ortho nitro benzene ring substituents is 1. The third kappa shape index (κ3) is 3.61. The van der Waals surface area contributed by atoms with Crippen molar-refractivity contribution in [2.24, 2.45) is 0 Å². The molecular weight excluding hydrogens is 376 g/mol. The maximum Gasteiger partial charge on any atom is 0.269 e. The van der Waals surface area contributed by atoms with Crippen LogP contribution in [0.3, 0.4) is 0 Å². The van der Waals surface area contributed by atoms with Crippen molar-refractivity contribution in [1.82, 2.24) is 15.3 Å². The number of benzene rings is 2. The fraction of sp³-hybridized carbons (Fsp3) is 0.0500. The Hall–Kier alpha value is -4.27. The largest absolute Gasteiger partial charge is 0.507 e. The molecule has 0 amide bonds. The average Bonchev–Trinajstić information content (AvgIpc) is 3.35. The summed E-state index contributed by atoms with van der Waals surface area (Å²) in [5.41, 5.74) is 2.21. The molecule has 4 aromatic rings. The number of nitro groups is 1. The van der Waals surface area contributed by atoms with E-state index in [-0.39, 0.29) is 11.4 Å². The lowest BCUT2D eigenvalue weighted by molar-refractivity contribution is -0.384. The zero-order chi connectivity index (χ0) is 20.4. The molecule has 144 valence electrons. The predicted octanol–water partition coefficient (Wildman–Crippen LogP) is 4.24. The minimum atomic E-state index is -0.470. The van der Waals surface area contributed by atoms with Crippen LogP contribution in [0.4, 0.5) is 5.69 Å². The van der Waals surface area contributed by atoms with Gasteiger partial charge in [-0.05, 0) is 35.9 Å². The minimum absolute atomic E-state index is 0.0303. The molecule has 0 fully saturated rings. The van der Waals surface area contributed by atoms with Gasteiger partial charge in [-0.15, -0.1) is 0 Å². The smallest absolute Gasteiger partial charge is 0.269 e. The summed E-state index contributed by atoms with van der Waals surface area (Å²) in [5.74, 6) is 1.09. The lowest BCUT2D eigenvalue weighted by Gasteiger charge is -2.05. The molecule has 0 radical (unpaired) electrons. The van der Waals surface area contributed by atoms with Crippen molar-refractivity contribution >= 4 is 17.3 Å². The zero-order valence-corrected chi connectivity index (χ0v) is 15.1. The molecule has 0 saturated carbocycles. The Morgan fingerprint density at radius 3 is 2.55 bits per heavy atom. The van der Waals surface area contributed by atoms with Crippen molar-refractivity contribution in [2.45, 2.75) is 6.92 Å². The monoisotopic (exact) mass is 390 g/mol. The number of nitrogens with zero attached hydrogens (tertiary/aromatic N) is 4. The van der Waals surface area contributed by atoms with Crippen LogP contribution in [0.2, 0.25) is 0 Å². The van der Waals surface area contributed by atoms with Crippen LogP contribution in [0.15, 0.2) is 63.8 Å². The van der Waals surface area contributed by atoms with Crippen molar-refractivity contribution in [1.29, 1.82) is 0 Å². The summed E-state index contributed by atoms with van der Waals surface area (Å²) in [6, 6.07) is 12.7. The van der Waals surface area contributed by atoms with Gasteiger partial charge in [0, 0.05) is 30.2 Å². The van der Waals surface area contributed by atoms with E-state index >= 15 is 0 Å². The van der Waals surface area contributed by atoms with Crippen LogP contribution in [0.25, 0.3) is 23.0 Å². The van der Waals surface area contributed by atoms with Gasteiger partial charge in [0.05, 0.1) is 16.7 Å². The summed E-state index contributed by atoms with van der Waals surface area (Å²) in [6.45, 7) is 1.66. The molecule has 29 heavy (non-hydrogen) atoms. The van der Waals surface area contributed by atoms with Gasteiger partial charge in [-0.2, -0.15) is 4.98 Å². The molecule has 0 aliphatic rings. The molecular formula is C20H14N4O5. The fourth-order valence-corrected chi connectivity index (χ4v) is 2.82. The van der Waals surface area contributed by atoms with Crippen LogP contribution in [-0.4, -0.2) is 25.3 Å². The van der Waals surface area contributed by atoms with Crippen LogP contribution < -0.4 is 0 Å². The topological polar surface area (TPSA) is 128 Å². The highest BCUT2D eigenvalue weighted by atomic mass is 16.6. The molecule has 0 spiro atoms. The van der Waals surface area contributed by atoms with Crippen molar-refractivity contribution in [2.75, 3.05) is 0 Å². The van der Waals surface area contributed by atoms with E-state index < -0.39 is 4.92 Å². The molecule has 0 aliphatic heterocycles. The van der Waals surface area contributed by atoms with Crippen LogP contribution in [0.5, 0.6) is 5.75 Å². The summed E-state index contributed by atoms with van der Waals surface area (Å²) >= 11 is 0. The minimum Gasteiger partial charge on any atom is -0.507 e. The first-order chi connectivity index (χ1) is 14.0. The van der Waals surface area contributed by atoms with Crippen molar-refractivity contribution in [3.63, 3.8) is 0 Å². The maximum absolute atomic E-state index is 11.0. The Labute approximate surface area is 164 Å². The lowest BCUT2D eigenvalue weighted by atomic mass is 10.0. The number of aromatic hydroxyl groups is 1. The van der Waals surface area contributed by atoms with Crippen LogP contribution in [0, 0.1) is 17.0 Å². The number of phenolic OH excluding ortho intramolecular Hbond substituents is 1. The molecule has 1 N–H and O–H groups in total. The maximum atomic E-state index is 11.0. The molecule has 0 saturated heterocycles. The fourth-order valence-electron chi connectivity index (χ4n) is 2.82. The van der Waals surface area contributed by atoms with E-state index in [1.54, 1.807) is 49.4 Å². The molecule has 2 aromatic carbocycles. The van der Waals surface area contributed by atoms with Gasteiger partial charge in [0.25, 0.3) is 5.69 Å². The average molecular weight is 390 g/mol. The van der Waals surface area contributed by atoms with E-state index in [9.17, 15) is 15.2 Å². The number of nitro benzene ring substituents is 1. The Kier molecular flexibility index (Phi) is 4.62. The highest BCUT2D eigenvalue weighted by Crippen LogP contribution is 2.34. The van der Waals surface area contributed by atoms with Crippen molar-refractivity contribution in [3.8, 4) is 17.1 Å². The lowest BCUT2D eigenvalue weighted by Crippen LogP contribution is -1.93. The Balaban J connectivity index is 1.85. The first-order valence-corrected chi connectivity index (χ1v) is 8.53. The van der Waals surface area contributed by atoms with Crippen LogP contribution in [0.1, 0.15) is 22.8 Å². The number of hydrogen-bond acceptors (Lipinski definition) is 8. The van der Waals surface area contributed by atoms with Gasteiger partial charge in [-0.1, -0.05) is 22.4 Å². The van der Waals surface area contributed by atoms with E-state index in [2.05, 4.69) is 15.3 Å². The highest BCUT2D eigenvalue weighted by molar-refractivity contribution is 5.92. The summed E-state index contributed by atoms with van der Waals surface area (Å²) in [5, 5.41) is 28.9. The van der Waals surface area contributed by atoms with E-state index in [0.717, 1.165) is 0 Å². The van der Waals surface area contributed by atoms with Crippen molar-refractivity contribution < 1.29 is 19.1 Å². The molecule has 2 aromatic heterocycles. The number of aromatic nitrogens is 3. The van der Waals surface area contributed by atoms with E-state index in [1.807, 2.05) is 0 Å². The Morgan fingerprint density at radius 1 is 1.14 bits per heavy atom. The molecule has 0 bridgehead atoms. The van der Waals surface area contributed by atoms with E-state index in [0.29, 0.717) is 39.7 Å². The van der Waals surface area contributed by atoms with Gasteiger partial charge in [-0.25, -0.2) is 0 Å². The van der Waals surface area contributed by atoms with Gasteiger partial charge in [0.15, 0.2) is 5.76 Å². The standard InChI is InChI=1S/C20H14N4O5/c1-12-22-20(23-28-12)17(13-6-8-15(9-7-13)24(26)27)10-14-11-21-29-19(14)16-4-2-3-5-18(16)25/h2-11,25H,1H3/b17-10+. The van der Waals surface area contributed by atoms with Crippen LogP contribution >= 0.6 is 0 Å². The van der Waals surface area contributed by atoms with Crippen LogP contribution in [-0.2, 0) is 0 Å². The molecule has 9 heteroatoms. The summed E-state index contributed by atoms with van der Waals surface area (Å²) in [6.07, 6.45) is 3.23. The Bertz CT molecular complexity index is 1210. The number of para-hydroxylation sites is 1. The summed E-state index contributed by atoms with van der Waals surface area (Å²) in [7, 11) is 0. The first kappa shape index (κ1) is 18.1. The third-order valence-electron chi connectivity index (χ3n) is 4.20. The second-order valence-corrected chi connectivity index (χ2v) is 6.13. The van der Waals surface area contributed by atoms with Gasteiger partial charge < -0.3 is 14.2 Å². The van der Waals surface area contributed by atoms with Gasteiger partial charge >= 0.3 is 0 Å².